The molecule has 128 valence electrons. The van der Waals surface area contributed by atoms with Gasteiger partial charge in [-0.2, -0.15) is 0 Å². The summed E-state index contributed by atoms with van der Waals surface area (Å²) in [4.78, 5) is 3.65. The summed E-state index contributed by atoms with van der Waals surface area (Å²) in [6.45, 7) is 7.45. The highest BCUT2D eigenvalue weighted by Crippen LogP contribution is 2.33. The molecule has 2 aromatic rings. The Morgan fingerprint density at radius 3 is 2.62 bits per heavy atom. The van der Waals surface area contributed by atoms with Crippen LogP contribution in [0.15, 0.2) is 47.4 Å². The van der Waals surface area contributed by atoms with E-state index in [9.17, 15) is 4.39 Å². The average Bonchev–Trinajstić information content (AvgIpc) is 2.59. The lowest BCUT2D eigenvalue weighted by molar-refractivity contribution is 0.312. The quantitative estimate of drug-likeness (QED) is 0.712. The molecule has 24 heavy (non-hydrogen) atoms. The first-order valence-electron chi connectivity index (χ1n) is 8.57. The van der Waals surface area contributed by atoms with Crippen molar-refractivity contribution in [2.24, 2.45) is 0 Å². The molecule has 0 saturated carbocycles. The molecular formula is C20H25FN2S. The summed E-state index contributed by atoms with van der Waals surface area (Å²) in [5, 5.41) is 0. The van der Waals surface area contributed by atoms with Gasteiger partial charge in [0.05, 0.1) is 0 Å². The number of hydrogen-bond donors (Lipinski definition) is 0. The van der Waals surface area contributed by atoms with Gasteiger partial charge in [-0.05, 0) is 73.3 Å². The molecule has 0 aromatic heterocycles. The number of halogens is 1. The van der Waals surface area contributed by atoms with E-state index in [1.54, 1.807) is 24.1 Å². The van der Waals surface area contributed by atoms with Crippen LogP contribution in [0.4, 0.5) is 4.39 Å². The number of hydrogen-bond acceptors (Lipinski definition) is 3. The van der Waals surface area contributed by atoms with E-state index < -0.39 is 0 Å². The molecule has 1 atom stereocenters. The van der Waals surface area contributed by atoms with Crippen molar-refractivity contribution in [3.63, 3.8) is 0 Å². The molecule has 0 N–H and O–H groups in total. The van der Waals surface area contributed by atoms with Crippen LogP contribution in [0.3, 0.4) is 0 Å². The van der Waals surface area contributed by atoms with Crippen LogP contribution in [0.5, 0.6) is 0 Å². The van der Waals surface area contributed by atoms with E-state index in [0.29, 0.717) is 0 Å². The second kappa shape index (κ2) is 7.68. The van der Waals surface area contributed by atoms with Crippen molar-refractivity contribution in [1.29, 1.82) is 0 Å². The van der Waals surface area contributed by atoms with Crippen LogP contribution >= 0.6 is 11.9 Å². The van der Waals surface area contributed by atoms with E-state index in [0.717, 1.165) is 31.6 Å². The third-order valence-electron chi connectivity index (χ3n) is 4.70. The molecule has 0 saturated heterocycles. The second-order valence-electron chi connectivity index (χ2n) is 6.47. The minimum atomic E-state index is -0.179. The summed E-state index contributed by atoms with van der Waals surface area (Å²) < 4.78 is 15.5. The first kappa shape index (κ1) is 17.5. The molecule has 2 nitrogen and oxygen atoms in total. The molecule has 4 heteroatoms. The van der Waals surface area contributed by atoms with E-state index in [-0.39, 0.29) is 11.9 Å². The van der Waals surface area contributed by atoms with Gasteiger partial charge in [0, 0.05) is 30.6 Å². The van der Waals surface area contributed by atoms with Crippen molar-refractivity contribution in [2.75, 3.05) is 20.1 Å². The molecule has 0 unspecified atom stereocenters. The van der Waals surface area contributed by atoms with Gasteiger partial charge in [-0.1, -0.05) is 25.1 Å². The molecule has 1 aliphatic rings. The Morgan fingerprint density at radius 1 is 1.17 bits per heavy atom. The first-order valence-corrected chi connectivity index (χ1v) is 9.34. The van der Waals surface area contributed by atoms with E-state index in [4.69, 9.17) is 0 Å². The largest absolute Gasteiger partial charge is 0.302 e. The van der Waals surface area contributed by atoms with Gasteiger partial charge in [-0.15, -0.1) is 0 Å². The predicted octanol–water partition coefficient (Wildman–Crippen LogP) is 4.90. The van der Waals surface area contributed by atoms with Gasteiger partial charge >= 0.3 is 0 Å². The summed E-state index contributed by atoms with van der Waals surface area (Å²) in [6.07, 6.45) is 1.12. The van der Waals surface area contributed by atoms with Crippen molar-refractivity contribution < 1.29 is 4.39 Å². The third-order valence-corrected chi connectivity index (χ3v) is 5.97. The number of rotatable bonds is 5. The van der Waals surface area contributed by atoms with E-state index in [1.165, 1.54) is 16.0 Å². The number of fused-ring (bicyclic) bond motifs is 1. The summed E-state index contributed by atoms with van der Waals surface area (Å²) in [5.41, 5.74) is 4.07. The third kappa shape index (κ3) is 4.00. The van der Waals surface area contributed by atoms with Crippen LogP contribution in [-0.4, -0.2) is 29.3 Å². The number of nitrogens with zero attached hydrogens (tertiary/aromatic N) is 2. The highest BCUT2D eigenvalue weighted by atomic mass is 32.2. The van der Waals surface area contributed by atoms with Crippen LogP contribution < -0.4 is 0 Å². The molecule has 1 aliphatic heterocycles. The fourth-order valence-corrected chi connectivity index (χ4v) is 4.19. The van der Waals surface area contributed by atoms with Gasteiger partial charge in [-0.25, -0.2) is 8.70 Å². The molecule has 0 bridgehead atoms. The van der Waals surface area contributed by atoms with Gasteiger partial charge in [0.25, 0.3) is 0 Å². The fourth-order valence-electron chi connectivity index (χ4n) is 3.19. The fraction of sp³-hybridized carbons (Fsp3) is 0.400. The smallest absolute Gasteiger partial charge is 0.123 e. The molecule has 0 fully saturated rings. The van der Waals surface area contributed by atoms with Crippen LogP contribution in [0.25, 0.3) is 0 Å². The van der Waals surface area contributed by atoms with Gasteiger partial charge < -0.3 is 4.90 Å². The Kier molecular flexibility index (Phi) is 5.59. The van der Waals surface area contributed by atoms with Crippen molar-refractivity contribution in [1.82, 2.24) is 9.21 Å². The topological polar surface area (TPSA) is 6.48 Å². The van der Waals surface area contributed by atoms with E-state index in [2.05, 4.69) is 48.3 Å². The SMILES string of the molecule is CCN(Sc1ccc2c(c1)CCN(C)C2)[C@@H](C)c1ccc(F)cc1. The Labute approximate surface area is 148 Å². The maximum atomic E-state index is 13.1. The lowest BCUT2D eigenvalue weighted by Crippen LogP contribution is -2.26. The van der Waals surface area contributed by atoms with E-state index >= 15 is 0 Å². The molecule has 0 amide bonds. The van der Waals surface area contributed by atoms with Crippen LogP contribution in [0.2, 0.25) is 0 Å². The van der Waals surface area contributed by atoms with Gasteiger partial charge in [-0.3, -0.25) is 0 Å². The molecule has 0 radical (unpaired) electrons. The Bertz CT molecular complexity index is 687. The highest BCUT2D eigenvalue weighted by Gasteiger charge is 2.18. The zero-order chi connectivity index (χ0) is 17.1. The first-order chi connectivity index (χ1) is 11.6. The molecule has 1 heterocycles. The number of likely N-dealkylation sites (N-methyl/N-ethyl adjacent to an activating group) is 1. The van der Waals surface area contributed by atoms with Crippen LogP contribution in [-0.2, 0) is 13.0 Å². The highest BCUT2D eigenvalue weighted by molar-refractivity contribution is 7.97. The van der Waals surface area contributed by atoms with Gasteiger partial charge in [0.2, 0.25) is 0 Å². The zero-order valence-corrected chi connectivity index (χ0v) is 15.4. The molecule has 0 aliphatic carbocycles. The Morgan fingerprint density at radius 2 is 1.92 bits per heavy atom. The van der Waals surface area contributed by atoms with Crippen molar-refractivity contribution >= 4 is 11.9 Å². The maximum absolute atomic E-state index is 13.1. The van der Waals surface area contributed by atoms with Crippen molar-refractivity contribution in [3.05, 3.63) is 65.0 Å². The van der Waals surface area contributed by atoms with Gasteiger partial charge in [0.15, 0.2) is 0 Å². The summed E-state index contributed by atoms with van der Waals surface area (Å²) in [5.74, 6) is -0.179. The molecule has 0 spiro atoms. The second-order valence-corrected chi connectivity index (χ2v) is 7.59. The zero-order valence-electron chi connectivity index (χ0n) is 14.6. The van der Waals surface area contributed by atoms with Crippen LogP contribution in [0, 0.1) is 5.82 Å². The molecule has 2 aromatic carbocycles. The van der Waals surface area contributed by atoms with E-state index in [1.807, 2.05) is 12.1 Å². The normalized spacial score (nSPS) is 16.2. The standard InChI is InChI=1S/C20H25FN2S/c1-4-23(15(2)16-5-8-19(21)9-6-16)24-20-10-7-18-14-22(3)12-11-17(18)13-20/h5-10,13,15H,4,11-12,14H2,1-3H3/t15-/m0/s1. The monoisotopic (exact) mass is 344 g/mol. The van der Waals surface area contributed by atoms with Crippen molar-refractivity contribution in [2.45, 2.75) is 37.8 Å². The lowest BCUT2D eigenvalue weighted by Gasteiger charge is -2.28. The molecular weight excluding hydrogens is 319 g/mol. The Balaban J connectivity index is 1.74. The predicted molar refractivity (Wildman–Crippen MR) is 99.5 cm³/mol. The van der Waals surface area contributed by atoms with Gasteiger partial charge in [0.1, 0.15) is 5.82 Å². The summed E-state index contributed by atoms with van der Waals surface area (Å²) in [6, 6.07) is 13.9. The number of benzene rings is 2. The minimum absolute atomic E-state index is 0.179. The minimum Gasteiger partial charge on any atom is -0.302 e. The average molecular weight is 344 g/mol. The summed E-state index contributed by atoms with van der Waals surface area (Å²) in [7, 11) is 2.18. The summed E-state index contributed by atoms with van der Waals surface area (Å²) >= 11 is 1.80. The maximum Gasteiger partial charge on any atom is 0.123 e. The van der Waals surface area contributed by atoms with Crippen molar-refractivity contribution in [3.8, 4) is 0 Å². The van der Waals surface area contributed by atoms with Crippen LogP contribution in [0.1, 0.15) is 36.6 Å². The lowest BCUT2D eigenvalue weighted by atomic mass is 10.0. The Hall–Kier alpha value is -1.36. The molecule has 3 rings (SSSR count).